The second-order valence-electron chi connectivity index (χ2n) is 4.03. The third-order valence-electron chi connectivity index (χ3n) is 2.61. The lowest BCUT2D eigenvalue weighted by Crippen LogP contribution is -2.14. The minimum atomic E-state index is -0.430. The van der Waals surface area contributed by atoms with Crippen LogP contribution in [-0.4, -0.2) is 10.9 Å². The van der Waals surface area contributed by atoms with Crippen LogP contribution in [0.1, 0.15) is 27.2 Å². The van der Waals surface area contributed by atoms with E-state index in [1.165, 1.54) is 5.56 Å². The van der Waals surface area contributed by atoms with Gasteiger partial charge in [0.25, 0.3) is 5.91 Å². The maximum absolute atomic E-state index is 11.3. The van der Waals surface area contributed by atoms with Gasteiger partial charge in [0.15, 0.2) is 0 Å². The van der Waals surface area contributed by atoms with Crippen molar-refractivity contribution in [3.8, 4) is 0 Å². The zero-order valence-corrected chi connectivity index (χ0v) is 9.68. The molecule has 3 nitrogen and oxygen atoms in total. The van der Waals surface area contributed by atoms with E-state index in [9.17, 15) is 4.79 Å². The van der Waals surface area contributed by atoms with E-state index in [2.05, 4.69) is 11.1 Å². The van der Waals surface area contributed by atoms with Crippen LogP contribution in [0.15, 0.2) is 42.6 Å². The van der Waals surface area contributed by atoms with Crippen LogP contribution in [0.25, 0.3) is 0 Å². The summed E-state index contributed by atoms with van der Waals surface area (Å²) in [5.41, 5.74) is 8.87. The molecule has 0 saturated carbocycles. The normalized spacial score (nSPS) is 10.2. The number of aryl methyl sites for hydroxylation is 1. The van der Waals surface area contributed by atoms with E-state index in [0.717, 1.165) is 11.3 Å². The van der Waals surface area contributed by atoms with Crippen LogP contribution >= 0.6 is 0 Å². The highest BCUT2D eigenvalue weighted by molar-refractivity contribution is 5.93. The molecule has 0 atom stereocenters. The summed E-state index contributed by atoms with van der Waals surface area (Å²) in [4.78, 5) is 15.5. The highest BCUT2D eigenvalue weighted by Crippen LogP contribution is 2.12. The Labute approximate surface area is 100 Å². The number of benzene rings is 1. The number of hydrogen-bond donors (Lipinski definition) is 1. The van der Waals surface area contributed by atoms with Crippen LogP contribution in [0, 0.1) is 6.92 Å². The summed E-state index contributed by atoms with van der Waals surface area (Å²) in [5, 5.41) is 0. The fourth-order valence-corrected chi connectivity index (χ4v) is 1.82. The first-order valence-electron chi connectivity index (χ1n) is 5.46. The average Bonchev–Trinajstić information content (AvgIpc) is 2.29. The van der Waals surface area contributed by atoms with Gasteiger partial charge < -0.3 is 5.73 Å². The molecule has 1 aromatic heterocycles. The van der Waals surface area contributed by atoms with Gasteiger partial charge in [0.2, 0.25) is 0 Å². The third kappa shape index (κ3) is 2.69. The van der Waals surface area contributed by atoms with Gasteiger partial charge in [-0.2, -0.15) is 0 Å². The van der Waals surface area contributed by atoms with Crippen molar-refractivity contribution in [1.82, 2.24) is 4.98 Å². The molecule has 2 rings (SSSR count). The van der Waals surface area contributed by atoms with E-state index in [-0.39, 0.29) is 0 Å². The number of amides is 1. The molecule has 0 unspecified atom stereocenters. The maximum atomic E-state index is 11.3. The standard InChI is InChI=1S/C14H14N2O/c1-10-4-2-5-11(8-10)9-13-12(14(15)17)6-3-7-16-13/h2-8H,9H2,1H3,(H2,15,17). The topological polar surface area (TPSA) is 56.0 Å². The Morgan fingerprint density at radius 1 is 1.29 bits per heavy atom. The number of carbonyl (C=O) groups excluding carboxylic acids is 1. The summed E-state index contributed by atoms with van der Waals surface area (Å²) in [6.07, 6.45) is 2.30. The summed E-state index contributed by atoms with van der Waals surface area (Å²) in [7, 11) is 0. The van der Waals surface area contributed by atoms with Crippen molar-refractivity contribution in [3.63, 3.8) is 0 Å². The fourth-order valence-electron chi connectivity index (χ4n) is 1.82. The number of rotatable bonds is 3. The van der Waals surface area contributed by atoms with Gasteiger partial charge in [-0.05, 0) is 24.6 Å². The largest absolute Gasteiger partial charge is 0.366 e. The predicted octanol–water partition coefficient (Wildman–Crippen LogP) is 2.08. The molecule has 17 heavy (non-hydrogen) atoms. The smallest absolute Gasteiger partial charge is 0.250 e. The van der Waals surface area contributed by atoms with Gasteiger partial charge in [-0.15, -0.1) is 0 Å². The molecule has 0 aliphatic carbocycles. The van der Waals surface area contributed by atoms with Gasteiger partial charge >= 0.3 is 0 Å². The van der Waals surface area contributed by atoms with Gasteiger partial charge in [-0.1, -0.05) is 29.8 Å². The van der Waals surface area contributed by atoms with E-state index >= 15 is 0 Å². The first kappa shape index (κ1) is 11.3. The summed E-state index contributed by atoms with van der Waals surface area (Å²) in [6.45, 7) is 2.04. The zero-order chi connectivity index (χ0) is 12.3. The lowest BCUT2D eigenvalue weighted by atomic mass is 10.0. The summed E-state index contributed by atoms with van der Waals surface area (Å²) in [5.74, 6) is -0.430. The molecule has 2 aromatic rings. The van der Waals surface area contributed by atoms with Crippen molar-refractivity contribution in [2.75, 3.05) is 0 Å². The van der Waals surface area contributed by atoms with Gasteiger partial charge in [0, 0.05) is 12.6 Å². The SMILES string of the molecule is Cc1cccc(Cc2ncccc2C(N)=O)c1. The van der Waals surface area contributed by atoms with Crippen molar-refractivity contribution in [2.45, 2.75) is 13.3 Å². The van der Waals surface area contributed by atoms with Gasteiger partial charge in [-0.3, -0.25) is 9.78 Å². The molecule has 1 heterocycles. The fraction of sp³-hybridized carbons (Fsp3) is 0.143. The molecule has 0 saturated heterocycles. The van der Waals surface area contributed by atoms with Crippen molar-refractivity contribution >= 4 is 5.91 Å². The minimum Gasteiger partial charge on any atom is -0.366 e. The number of primary amides is 1. The van der Waals surface area contributed by atoms with E-state index in [4.69, 9.17) is 5.73 Å². The van der Waals surface area contributed by atoms with E-state index < -0.39 is 5.91 Å². The predicted molar refractivity (Wildman–Crippen MR) is 66.7 cm³/mol. The molecular weight excluding hydrogens is 212 g/mol. The zero-order valence-electron chi connectivity index (χ0n) is 9.68. The lowest BCUT2D eigenvalue weighted by Gasteiger charge is -2.06. The van der Waals surface area contributed by atoms with Crippen molar-refractivity contribution < 1.29 is 4.79 Å². The molecule has 0 aliphatic heterocycles. The first-order chi connectivity index (χ1) is 8.16. The van der Waals surface area contributed by atoms with Crippen LogP contribution in [0.4, 0.5) is 0 Å². The molecule has 0 radical (unpaired) electrons. The van der Waals surface area contributed by atoms with Gasteiger partial charge in [0.05, 0.1) is 11.3 Å². The molecule has 1 aromatic carbocycles. The van der Waals surface area contributed by atoms with E-state index in [1.807, 2.05) is 25.1 Å². The van der Waals surface area contributed by atoms with Crippen LogP contribution in [-0.2, 0) is 6.42 Å². The van der Waals surface area contributed by atoms with Crippen molar-refractivity contribution in [1.29, 1.82) is 0 Å². The Kier molecular flexibility index (Phi) is 3.19. The summed E-state index contributed by atoms with van der Waals surface area (Å²) >= 11 is 0. The molecule has 2 N–H and O–H groups in total. The number of nitrogens with two attached hydrogens (primary N) is 1. The highest BCUT2D eigenvalue weighted by Gasteiger charge is 2.09. The molecular formula is C14H14N2O. The molecule has 1 amide bonds. The van der Waals surface area contributed by atoms with Crippen molar-refractivity contribution in [3.05, 3.63) is 65.0 Å². The average molecular weight is 226 g/mol. The molecule has 0 aliphatic rings. The van der Waals surface area contributed by atoms with Crippen LogP contribution in [0.3, 0.4) is 0 Å². The Hall–Kier alpha value is -2.16. The minimum absolute atomic E-state index is 0.430. The third-order valence-corrected chi connectivity index (χ3v) is 2.61. The summed E-state index contributed by atoms with van der Waals surface area (Å²) < 4.78 is 0. The van der Waals surface area contributed by atoms with Gasteiger partial charge in [0.1, 0.15) is 0 Å². The quantitative estimate of drug-likeness (QED) is 0.871. The molecule has 3 heteroatoms. The highest BCUT2D eigenvalue weighted by atomic mass is 16.1. The second kappa shape index (κ2) is 4.78. The Morgan fingerprint density at radius 3 is 2.82 bits per heavy atom. The molecule has 0 fully saturated rings. The van der Waals surface area contributed by atoms with Crippen LogP contribution in [0.2, 0.25) is 0 Å². The van der Waals surface area contributed by atoms with Gasteiger partial charge in [-0.25, -0.2) is 0 Å². The molecule has 0 spiro atoms. The Balaban J connectivity index is 2.33. The Morgan fingerprint density at radius 2 is 2.12 bits per heavy atom. The summed E-state index contributed by atoms with van der Waals surface area (Å²) in [6, 6.07) is 11.6. The molecule has 86 valence electrons. The number of hydrogen-bond acceptors (Lipinski definition) is 2. The number of nitrogens with zero attached hydrogens (tertiary/aromatic N) is 1. The monoisotopic (exact) mass is 226 g/mol. The second-order valence-corrected chi connectivity index (χ2v) is 4.03. The first-order valence-corrected chi connectivity index (χ1v) is 5.46. The number of pyridine rings is 1. The Bertz CT molecular complexity index is 549. The maximum Gasteiger partial charge on any atom is 0.250 e. The number of aromatic nitrogens is 1. The molecule has 0 bridgehead atoms. The van der Waals surface area contributed by atoms with Crippen LogP contribution < -0.4 is 5.73 Å². The number of carbonyl (C=O) groups is 1. The van der Waals surface area contributed by atoms with Crippen LogP contribution in [0.5, 0.6) is 0 Å². The van der Waals surface area contributed by atoms with E-state index in [0.29, 0.717) is 12.0 Å². The lowest BCUT2D eigenvalue weighted by molar-refractivity contribution is 0.0999. The van der Waals surface area contributed by atoms with Crippen molar-refractivity contribution in [2.24, 2.45) is 5.73 Å². The van der Waals surface area contributed by atoms with E-state index in [1.54, 1.807) is 18.3 Å².